The standard InChI is InChI=1S/C10H18N2/c1-4-10-5-6-11-8(10)12-9(2,3)7-10/h4-7H2,1-3H3,(H,11,12). The number of hydrogen-bond acceptors (Lipinski definition) is 2. The highest BCUT2D eigenvalue weighted by atomic mass is 15.1. The van der Waals surface area contributed by atoms with Crippen LogP contribution in [0.5, 0.6) is 0 Å². The Bertz CT molecular complexity index is 230. The maximum atomic E-state index is 4.54. The van der Waals surface area contributed by atoms with Crippen LogP contribution >= 0.6 is 0 Å². The van der Waals surface area contributed by atoms with E-state index in [1.54, 1.807) is 0 Å². The highest BCUT2D eigenvalue weighted by Gasteiger charge is 2.48. The Kier molecular flexibility index (Phi) is 1.51. The van der Waals surface area contributed by atoms with Crippen molar-refractivity contribution in [3.63, 3.8) is 0 Å². The molecule has 0 aliphatic carbocycles. The molecule has 0 radical (unpaired) electrons. The van der Waals surface area contributed by atoms with Gasteiger partial charge < -0.3 is 5.32 Å². The lowest BCUT2D eigenvalue weighted by Gasteiger charge is -2.23. The normalized spacial score (nSPS) is 37.4. The molecule has 0 saturated carbocycles. The predicted octanol–water partition coefficient (Wildman–Crippen LogP) is 1.96. The minimum absolute atomic E-state index is 0.273. The first-order chi connectivity index (χ1) is 5.58. The van der Waals surface area contributed by atoms with Crippen molar-refractivity contribution in [2.45, 2.75) is 45.6 Å². The van der Waals surface area contributed by atoms with Gasteiger partial charge in [-0.05, 0) is 33.1 Å². The van der Waals surface area contributed by atoms with E-state index in [0.29, 0.717) is 5.41 Å². The number of amidine groups is 1. The summed E-state index contributed by atoms with van der Waals surface area (Å²) in [7, 11) is 0. The lowest BCUT2D eigenvalue weighted by Crippen LogP contribution is -2.35. The number of hydrogen-bond donors (Lipinski definition) is 1. The van der Waals surface area contributed by atoms with Crippen LogP contribution in [0.1, 0.15) is 40.0 Å². The number of aliphatic imine (C=N–C) groups is 1. The topological polar surface area (TPSA) is 24.4 Å². The summed E-state index contributed by atoms with van der Waals surface area (Å²) in [6, 6.07) is 0. The molecule has 68 valence electrons. The van der Waals surface area contributed by atoms with E-state index in [-0.39, 0.29) is 5.54 Å². The fourth-order valence-corrected chi connectivity index (χ4v) is 2.69. The Balaban J connectivity index is 2.30. The molecule has 1 atom stereocenters. The van der Waals surface area contributed by atoms with Crippen molar-refractivity contribution >= 4 is 5.84 Å². The second-order valence-corrected chi connectivity index (χ2v) is 4.80. The Hall–Kier alpha value is -0.530. The summed E-state index contributed by atoms with van der Waals surface area (Å²) >= 11 is 0. The van der Waals surface area contributed by atoms with E-state index >= 15 is 0 Å². The van der Waals surface area contributed by atoms with Gasteiger partial charge in [-0.3, -0.25) is 4.99 Å². The molecule has 1 fully saturated rings. The first-order valence-corrected chi connectivity index (χ1v) is 4.91. The zero-order chi connectivity index (χ0) is 8.82. The van der Waals surface area contributed by atoms with Crippen LogP contribution in [0.15, 0.2) is 4.99 Å². The summed E-state index contributed by atoms with van der Waals surface area (Å²) in [6.07, 6.45) is 3.76. The highest BCUT2D eigenvalue weighted by molar-refractivity contribution is 5.92. The number of nitrogens with zero attached hydrogens (tertiary/aromatic N) is 1. The van der Waals surface area contributed by atoms with Gasteiger partial charge in [0.05, 0.1) is 0 Å². The molecule has 12 heavy (non-hydrogen) atoms. The van der Waals surface area contributed by atoms with Gasteiger partial charge in [-0.2, -0.15) is 0 Å². The van der Waals surface area contributed by atoms with E-state index < -0.39 is 0 Å². The molecule has 0 amide bonds. The second-order valence-electron chi connectivity index (χ2n) is 4.80. The lowest BCUT2D eigenvalue weighted by atomic mass is 9.78. The van der Waals surface area contributed by atoms with E-state index in [4.69, 9.17) is 0 Å². The van der Waals surface area contributed by atoms with E-state index in [2.05, 4.69) is 31.1 Å². The monoisotopic (exact) mass is 166 g/mol. The van der Waals surface area contributed by atoms with Crippen molar-refractivity contribution in [3.05, 3.63) is 0 Å². The lowest BCUT2D eigenvalue weighted by molar-refractivity contribution is 0.323. The van der Waals surface area contributed by atoms with Gasteiger partial charge >= 0.3 is 0 Å². The van der Waals surface area contributed by atoms with Gasteiger partial charge in [0.25, 0.3) is 0 Å². The molecule has 2 heteroatoms. The number of rotatable bonds is 1. The first kappa shape index (κ1) is 8.09. The molecule has 2 nitrogen and oxygen atoms in total. The van der Waals surface area contributed by atoms with Gasteiger partial charge in [0.1, 0.15) is 5.84 Å². The van der Waals surface area contributed by atoms with Crippen molar-refractivity contribution in [1.82, 2.24) is 5.32 Å². The minimum Gasteiger partial charge on any atom is -0.368 e. The van der Waals surface area contributed by atoms with Crippen molar-refractivity contribution in [1.29, 1.82) is 0 Å². The van der Waals surface area contributed by atoms with Gasteiger partial charge in [-0.25, -0.2) is 0 Å². The van der Waals surface area contributed by atoms with Crippen LogP contribution in [0.3, 0.4) is 0 Å². The second kappa shape index (κ2) is 2.24. The smallest absolute Gasteiger partial charge is 0.103 e. The average molecular weight is 166 g/mol. The quantitative estimate of drug-likeness (QED) is 0.632. The van der Waals surface area contributed by atoms with Crippen LogP contribution in [0.4, 0.5) is 0 Å². The predicted molar refractivity (Wildman–Crippen MR) is 51.5 cm³/mol. The number of nitrogens with one attached hydrogen (secondary N) is 1. The summed E-state index contributed by atoms with van der Waals surface area (Å²) in [5.41, 5.74) is 0.693. The molecule has 0 bridgehead atoms. The molecule has 0 aromatic carbocycles. The molecule has 1 unspecified atom stereocenters. The maximum Gasteiger partial charge on any atom is 0.103 e. The van der Waals surface area contributed by atoms with Gasteiger partial charge in [-0.1, -0.05) is 6.92 Å². The van der Waals surface area contributed by atoms with E-state index in [0.717, 1.165) is 6.54 Å². The Morgan fingerprint density at radius 1 is 1.50 bits per heavy atom. The summed E-state index contributed by atoms with van der Waals surface area (Å²) in [5, 5.41) is 3.53. The number of fused-ring (bicyclic) bond motifs is 1. The van der Waals surface area contributed by atoms with Crippen LogP contribution in [-0.2, 0) is 0 Å². The minimum atomic E-state index is 0.273. The third kappa shape index (κ3) is 0.970. The van der Waals surface area contributed by atoms with Crippen molar-refractivity contribution in [3.8, 4) is 0 Å². The first-order valence-electron chi connectivity index (χ1n) is 4.91. The SMILES string of the molecule is CCC12CCN=C1NC(C)(C)C2. The van der Waals surface area contributed by atoms with Crippen LogP contribution in [0.25, 0.3) is 0 Å². The van der Waals surface area contributed by atoms with Crippen molar-refractivity contribution in [2.24, 2.45) is 10.4 Å². The van der Waals surface area contributed by atoms with Gasteiger partial charge in [0.15, 0.2) is 0 Å². The van der Waals surface area contributed by atoms with Crippen LogP contribution in [0.2, 0.25) is 0 Å². The third-order valence-electron chi connectivity index (χ3n) is 3.28. The third-order valence-corrected chi connectivity index (χ3v) is 3.28. The molecule has 2 rings (SSSR count). The van der Waals surface area contributed by atoms with Crippen LogP contribution in [0, 0.1) is 5.41 Å². The Labute approximate surface area is 74.5 Å². The van der Waals surface area contributed by atoms with E-state index in [1.807, 2.05) is 0 Å². The largest absolute Gasteiger partial charge is 0.368 e. The molecular formula is C10H18N2. The average Bonchev–Trinajstić information content (AvgIpc) is 2.40. The molecule has 2 aliphatic rings. The van der Waals surface area contributed by atoms with Crippen LogP contribution < -0.4 is 5.32 Å². The van der Waals surface area contributed by atoms with Gasteiger partial charge in [0, 0.05) is 17.5 Å². The molecule has 0 spiro atoms. The molecule has 2 aliphatic heterocycles. The maximum absolute atomic E-state index is 4.54. The van der Waals surface area contributed by atoms with E-state index in [9.17, 15) is 0 Å². The van der Waals surface area contributed by atoms with Crippen LogP contribution in [-0.4, -0.2) is 17.9 Å². The molecule has 2 heterocycles. The van der Waals surface area contributed by atoms with Crippen molar-refractivity contribution in [2.75, 3.05) is 6.54 Å². The fraction of sp³-hybridized carbons (Fsp3) is 0.900. The summed E-state index contributed by atoms with van der Waals surface area (Å²) in [5.74, 6) is 1.29. The fourth-order valence-electron chi connectivity index (χ4n) is 2.69. The van der Waals surface area contributed by atoms with Gasteiger partial charge in [0.2, 0.25) is 0 Å². The highest BCUT2D eigenvalue weighted by Crippen LogP contribution is 2.44. The zero-order valence-corrected chi connectivity index (χ0v) is 8.28. The molecule has 0 aromatic heterocycles. The molecule has 1 N–H and O–H groups in total. The zero-order valence-electron chi connectivity index (χ0n) is 8.28. The summed E-state index contributed by atoms with van der Waals surface area (Å²) in [6.45, 7) is 7.85. The Morgan fingerprint density at radius 3 is 2.83 bits per heavy atom. The summed E-state index contributed by atoms with van der Waals surface area (Å²) in [4.78, 5) is 4.54. The molecular weight excluding hydrogens is 148 g/mol. The Morgan fingerprint density at radius 2 is 2.25 bits per heavy atom. The van der Waals surface area contributed by atoms with Crippen molar-refractivity contribution < 1.29 is 0 Å². The molecule has 1 saturated heterocycles. The molecule has 0 aromatic rings. The van der Waals surface area contributed by atoms with Gasteiger partial charge in [-0.15, -0.1) is 0 Å². The van der Waals surface area contributed by atoms with E-state index in [1.165, 1.54) is 25.1 Å². The summed E-state index contributed by atoms with van der Waals surface area (Å²) < 4.78 is 0.